The van der Waals surface area contributed by atoms with E-state index in [0.717, 1.165) is 0 Å². The normalized spacial score (nSPS) is 18.7. The van der Waals surface area contributed by atoms with Gasteiger partial charge >= 0.3 is 0 Å². The minimum Gasteiger partial charge on any atom is -0.0885 e. The van der Waals surface area contributed by atoms with Crippen LogP contribution in [-0.4, -0.2) is 0 Å². The van der Waals surface area contributed by atoms with E-state index in [2.05, 4.69) is 26.0 Å². The van der Waals surface area contributed by atoms with Crippen LogP contribution in [0, 0.1) is 0 Å². The molecule has 0 fully saturated rings. The minimum atomic E-state index is 1.17. The Hall–Kier alpha value is -0.520. The second-order valence-electron chi connectivity index (χ2n) is 3.32. The van der Waals surface area contributed by atoms with Crippen molar-refractivity contribution in [2.75, 3.05) is 0 Å². The first-order valence-corrected chi connectivity index (χ1v) is 4.67. The SMILES string of the molecule is CCC=CCC1=C(C)CCC1. The quantitative estimate of drug-likeness (QED) is 0.536. The van der Waals surface area contributed by atoms with E-state index < -0.39 is 0 Å². The molecule has 62 valence electrons. The van der Waals surface area contributed by atoms with Gasteiger partial charge in [0.25, 0.3) is 0 Å². The first-order valence-electron chi connectivity index (χ1n) is 4.67. The number of allylic oxidation sites excluding steroid dienone is 4. The van der Waals surface area contributed by atoms with Crippen molar-refractivity contribution in [3.8, 4) is 0 Å². The van der Waals surface area contributed by atoms with Crippen LogP contribution in [0.25, 0.3) is 0 Å². The Kier molecular flexibility index (Phi) is 3.41. The first-order chi connectivity index (χ1) is 5.34. The van der Waals surface area contributed by atoms with Crippen molar-refractivity contribution < 1.29 is 0 Å². The smallest absolute Gasteiger partial charge is 0.0136 e. The Balaban J connectivity index is 2.36. The number of rotatable bonds is 3. The number of hydrogen-bond acceptors (Lipinski definition) is 0. The Bertz CT molecular complexity index is 172. The average molecular weight is 150 g/mol. The summed E-state index contributed by atoms with van der Waals surface area (Å²) < 4.78 is 0. The molecule has 1 rings (SSSR count). The lowest BCUT2D eigenvalue weighted by Crippen LogP contribution is -1.76. The van der Waals surface area contributed by atoms with Crippen LogP contribution in [0.1, 0.15) is 46.0 Å². The molecule has 0 aromatic heterocycles. The summed E-state index contributed by atoms with van der Waals surface area (Å²) >= 11 is 0. The Labute approximate surface area is 70.0 Å². The van der Waals surface area contributed by atoms with Gasteiger partial charge in [0.05, 0.1) is 0 Å². The van der Waals surface area contributed by atoms with Gasteiger partial charge in [0, 0.05) is 0 Å². The van der Waals surface area contributed by atoms with Crippen molar-refractivity contribution in [2.24, 2.45) is 0 Å². The van der Waals surface area contributed by atoms with Crippen LogP contribution in [0.5, 0.6) is 0 Å². The highest BCUT2D eigenvalue weighted by Crippen LogP contribution is 2.27. The van der Waals surface area contributed by atoms with Crippen LogP contribution < -0.4 is 0 Å². The van der Waals surface area contributed by atoms with Crippen LogP contribution in [0.3, 0.4) is 0 Å². The highest BCUT2D eigenvalue weighted by atomic mass is 14.1. The standard InChI is InChI=1S/C11H18/c1-3-4-5-8-11-9-6-7-10(11)2/h4-5H,3,6-9H2,1-2H3. The zero-order valence-corrected chi connectivity index (χ0v) is 7.69. The first kappa shape index (κ1) is 8.58. The predicted molar refractivity (Wildman–Crippen MR) is 50.6 cm³/mol. The molecule has 0 nitrogen and oxygen atoms in total. The van der Waals surface area contributed by atoms with Crippen molar-refractivity contribution in [3.05, 3.63) is 23.3 Å². The number of hydrogen-bond donors (Lipinski definition) is 0. The second-order valence-corrected chi connectivity index (χ2v) is 3.32. The van der Waals surface area contributed by atoms with Gasteiger partial charge in [0.15, 0.2) is 0 Å². The second kappa shape index (κ2) is 4.38. The molecule has 0 bridgehead atoms. The molecule has 11 heavy (non-hydrogen) atoms. The molecule has 0 aromatic rings. The van der Waals surface area contributed by atoms with Crippen LogP contribution in [0.4, 0.5) is 0 Å². The fourth-order valence-electron chi connectivity index (χ4n) is 1.63. The predicted octanol–water partition coefficient (Wildman–Crippen LogP) is 3.84. The largest absolute Gasteiger partial charge is 0.0885 e. The van der Waals surface area contributed by atoms with Crippen molar-refractivity contribution in [1.82, 2.24) is 0 Å². The third-order valence-corrected chi connectivity index (χ3v) is 2.40. The molecular formula is C11H18. The van der Waals surface area contributed by atoms with Crippen molar-refractivity contribution in [2.45, 2.75) is 46.0 Å². The summed E-state index contributed by atoms with van der Waals surface area (Å²) in [5.74, 6) is 0. The van der Waals surface area contributed by atoms with Crippen LogP contribution in [-0.2, 0) is 0 Å². The molecular weight excluding hydrogens is 132 g/mol. The van der Waals surface area contributed by atoms with Crippen LogP contribution >= 0.6 is 0 Å². The van der Waals surface area contributed by atoms with Gasteiger partial charge in [-0.25, -0.2) is 0 Å². The van der Waals surface area contributed by atoms with E-state index in [4.69, 9.17) is 0 Å². The zero-order chi connectivity index (χ0) is 8.10. The molecule has 0 atom stereocenters. The highest BCUT2D eigenvalue weighted by Gasteiger charge is 2.07. The summed E-state index contributed by atoms with van der Waals surface area (Å²) in [4.78, 5) is 0. The van der Waals surface area contributed by atoms with Gasteiger partial charge in [0.2, 0.25) is 0 Å². The van der Waals surface area contributed by atoms with Crippen molar-refractivity contribution in [1.29, 1.82) is 0 Å². The van der Waals surface area contributed by atoms with E-state index in [9.17, 15) is 0 Å². The molecule has 0 aliphatic heterocycles. The summed E-state index contributed by atoms with van der Waals surface area (Å²) in [5, 5.41) is 0. The van der Waals surface area contributed by atoms with Gasteiger partial charge < -0.3 is 0 Å². The molecule has 0 heterocycles. The summed E-state index contributed by atoms with van der Waals surface area (Å²) in [6.45, 7) is 4.47. The molecule has 0 saturated carbocycles. The molecule has 0 heteroatoms. The molecule has 1 aliphatic carbocycles. The topological polar surface area (TPSA) is 0 Å². The summed E-state index contributed by atoms with van der Waals surface area (Å²) in [5.41, 5.74) is 3.33. The average Bonchev–Trinajstić information content (AvgIpc) is 2.37. The lowest BCUT2D eigenvalue weighted by molar-refractivity contribution is 0.883. The van der Waals surface area contributed by atoms with Crippen molar-refractivity contribution in [3.63, 3.8) is 0 Å². The lowest BCUT2D eigenvalue weighted by atomic mass is 10.1. The molecule has 0 spiro atoms. The summed E-state index contributed by atoms with van der Waals surface area (Å²) in [7, 11) is 0. The van der Waals surface area contributed by atoms with E-state index in [1.165, 1.54) is 32.1 Å². The van der Waals surface area contributed by atoms with Crippen LogP contribution in [0.2, 0.25) is 0 Å². The molecule has 1 aliphatic rings. The lowest BCUT2D eigenvalue weighted by Gasteiger charge is -1.97. The summed E-state index contributed by atoms with van der Waals surface area (Å²) in [6.07, 6.45) is 11.0. The molecule has 0 radical (unpaired) electrons. The third-order valence-electron chi connectivity index (χ3n) is 2.40. The van der Waals surface area contributed by atoms with Gasteiger partial charge in [-0.15, -0.1) is 0 Å². The fourth-order valence-corrected chi connectivity index (χ4v) is 1.63. The van der Waals surface area contributed by atoms with Gasteiger partial charge in [-0.1, -0.05) is 30.2 Å². The Morgan fingerprint density at radius 1 is 1.27 bits per heavy atom. The Morgan fingerprint density at radius 3 is 2.64 bits per heavy atom. The van der Waals surface area contributed by atoms with E-state index in [0.29, 0.717) is 0 Å². The third kappa shape index (κ3) is 2.53. The fraction of sp³-hybridized carbons (Fsp3) is 0.636. The van der Waals surface area contributed by atoms with E-state index >= 15 is 0 Å². The van der Waals surface area contributed by atoms with Crippen molar-refractivity contribution >= 4 is 0 Å². The van der Waals surface area contributed by atoms with Gasteiger partial charge in [-0.3, -0.25) is 0 Å². The van der Waals surface area contributed by atoms with Gasteiger partial charge in [-0.05, 0) is 39.0 Å². The van der Waals surface area contributed by atoms with Gasteiger partial charge in [0.1, 0.15) is 0 Å². The Morgan fingerprint density at radius 2 is 2.09 bits per heavy atom. The minimum absolute atomic E-state index is 1.17. The van der Waals surface area contributed by atoms with Gasteiger partial charge in [-0.2, -0.15) is 0 Å². The maximum Gasteiger partial charge on any atom is -0.0136 e. The maximum absolute atomic E-state index is 2.31. The van der Waals surface area contributed by atoms with E-state index in [1.807, 2.05) is 0 Å². The maximum atomic E-state index is 2.31. The van der Waals surface area contributed by atoms with Crippen LogP contribution in [0.15, 0.2) is 23.3 Å². The van der Waals surface area contributed by atoms with E-state index in [1.54, 1.807) is 11.1 Å². The zero-order valence-electron chi connectivity index (χ0n) is 7.69. The molecule has 0 unspecified atom stereocenters. The monoisotopic (exact) mass is 150 g/mol. The molecule has 0 amide bonds. The molecule has 0 N–H and O–H groups in total. The highest BCUT2D eigenvalue weighted by molar-refractivity contribution is 5.19. The molecule has 0 aromatic carbocycles. The summed E-state index contributed by atoms with van der Waals surface area (Å²) in [6, 6.07) is 0. The molecule has 0 saturated heterocycles. The van der Waals surface area contributed by atoms with E-state index in [-0.39, 0.29) is 0 Å².